The summed E-state index contributed by atoms with van der Waals surface area (Å²) in [6, 6.07) is 5.52. The summed E-state index contributed by atoms with van der Waals surface area (Å²) in [4.78, 5) is 14.8. The number of nitrogens with zero attached hydrogens (tertiary/aromatic N) is 1. The van der Waals surface area contributed by atoms with E-state index in [1.807, 2.05) is 37.2 Å². The molecule has 0 radical (unpaired) electrons. The van der Waals surface area contributed by atoms with E-state index in [0.717, 1.165) is 22.4 Å². The maximum Gasteiger partial charge on any atom is 0.269 e. The zero-order valence-corrected chi connectivity index (χ0v) is 15.5. The molecule has 5 nitrogen and oxygen atoms in total. The van der Waals surface area contributed by atoms with Gasteiger partial charge in [-0.05, 0) is 44.5 Å². The van der Waals surface area contributed by atoms with E-state index in [4.69, 9.17) is 28.6 Å². The quantitative estimate of drug-likeness (QED) is 0.791. The van der Waals surface area contributed by atoms with Crippen LogP contribution in [0.5, 0.6) is 5.75 Å². The van der Waals surface area contributed by atoms with Crippen molar-refractivity contribution in [2.75, 3.05) is 34.3 Å². The number of thiophene rings is 1. The fraction of sp³-hybridized carbons (Fsp3) is 0.333. The molecule has 124 valence electrons. The van der Waals surface area contributed by atoms with Crippen LogP contribution < -0.4 is 15.4 Å². The molecule has 8 heteroatoms. The molecule has 0 fully saturated rings. The van der Waals surface area contributed by atoms with Gasteiger partial charge in [0.2, 0.25) is 0 Å². The molecule has 0 aliphatic rings. The van der Waals surface area contributed by atoms with Gasteiger partial charge in [0.1, 0.15) is 10.6 Å². The largest absolute Gasteiger partial charge is 0.497 e. The van der Waals surface area contributed by atoms with Gasteiger partial charge in [-0.15, -0.1) is 11.3 Å². The topological polar surface area (TPSA) is 53.6 Å². The number of carbonyl (C=O) groups is 1. The third-order valence-electron chi connectivity index (χ3n) is 3.11. The summed E-state index contributed by atoms with van der Waals surface area (Å²) < 4.78 is 6.08. The van der Waals surface area contributed by atoms with Gasteiger partial charge in [-0.25, -0.2) is 0 Å². The summed E-state index contributed by atoms with van der Waals surface area (Å²) in [5, 5.41) is 7.20. The molecule has 1 heterocycles. The zero-order valence-electron chi connectivity index (χ0n) is 13.1. The number of hydrogen-bond acceptors (Lipinski definition) is 5. The number of likely N-dealkylation sites (N-methyl/N-ethyl adjacent to an activating group) is 1. The van der Waals surface area contributed by atoms with Crippen LogP contribution in [0.15, 0.2) is 18.2 Å². The van der Waals surface area contributed by atoms with Crippen molar-refractivity contribution in [2.45, 2.75) is 0 Å². The second-order valence-corrected chi connectivity index (χ2v) is 6.96. The third-order valence-corrected chi connectivity index (χ3v) is 5.02. The first-order chi connectivity index (χ1) is 10.9. The fourth-order valence-corrected chi connectivity index (χ4v) is 3.55. The second kappa shape index (κ2) is 7.92. The van der Waals surface area contributed by atoms with Crippen LogP contribution in [-0.2, 0) is 0 Å². The molecule has 2 rings (SSSR count). The summed E-state index contributed by atoms with van der Waals surface area (Å²) in [7, 11) is 5.53. The normalized spacial score (nSPS) is 10.8. The number of benzene rings is 1. The van der Waals surface area contributed by atoms with Crippen LogP contribution in [0.25, 0.3) is 10.1 Å². The summed E-state index contributed by atoms with van der Waals surface area (Å²) in [5.41, 5.74) is 0. The van der Waals surface area contributed by atoms with Crippen molar-refractivity contribution >= 4 is 56.3 Å². The maximum atomic E-state index is 12.3. The van der Waals surface area contributed by atoms with E-state index in [9.17, 15) is 4.79 Å². The number of carbonyl (C=O) groups excluding carboxylic acids is 1. The number of ether oxygens (including phenoxy) is 1. The Morgan fingerprint density at radius 2 is 2.17 bits per heavy atom. The van der Waals surface area contributed by atoms with E-state index in [2.05, 4.69) is 10.6 Å². The number of nitrogens with one attached hydrogen (secondary N) is 2. The molecule has 0 bridgehead atoms. The lowest BCUT2D eigenvalue weighted by molar-refractivity contribution is 0.0981. The average molecular weight is 372 g/mol. The van der Waals surface area contributed by atoms with Crippen LogP contribution in [0.4, 0.5) is 0 Å². The zero-order chi connectivity index (χ0) is 17.0. The maximum absolute atomic E-state index is 12.3. The van der Waals surface area contributed by atoms with Crippen LogP contribution in [0, 0.1) is 0 Å². The van der Waals surface area contributed by atoms with Gasteiger partial charge < -0.3 is 15.0 Å². The Kier molecular flexibility index (Phi) is 6.17. The van der Waals surface area contributed by atoms with E-state index in [0.29, 0.717) is 21.6 Å². The Morgan fingerprint density at radius 1 is 1.43 bits per heavy atom. The summed E-state index contributed by atoms with van der Waals surface area (Å²) in [6.07, 6.45) is 0. The summed E-state index contributed by atoms with van der Waals surface area (Å²) in [5.74, 6) is 0.417. The van der Waals surface area contributed by atoms with Crippen LogP contribution in [-0.4, -0.2) is 50.2 Å². The number of methoxy groups -OCH3 is 1. The van der Waals surface area contributed by atoms with Crippen molar-refractivity contribution in [3.8, 4) is 5.75 Å². The molecule has 0 atom stereocenters. The predicted molar refractivity (Wildman–Crippen MR) is 100 cm³/mol. The summed E-state index contributed by atoms with van der Waals surface area (Å²) in [6.45, 7) is 1.48. The van der Waals surface area contributed by atoms with Crippen molar-refractivity contribution in [1.29, 1.82) is 0 Å². The highest BCUT2D eigenvalue weighted by Gasteiger charge is 2.18. The number of rotatable bonds is 5. The number of hydrogen-bond donors (Lipinski definition) is 2. The van der Waals surface area contributed by atoms with Gasteiger partial charge in [-0.3, -0.25) is 10.1 Å². The Labute approximate surface area is 149 Å². The third kappa shape index (κ3) is 4.54. The van der Waals surface area contributed by atoms with Gasteiger partial charge in [-0.2, -0.15) is 0 Å². The monoisotopic (exact) mass is 371 g/mol. The van der Waals surface area contributed by atoms with Crippen molar-refractivity contribution in [2.24, 2.45) is 0 Å². The average Bonchev–Trinajstić information content (AvgIpc) is 2.83. The van der Waals surface area contributed by atoms with Gasteiger partial charge in [0.15, 0.2) is 5.11 Å². The first-order valence-corrected chi connectivity index (χ1v) is 8.52. The molecule has 1 aromatic carbocycles. The molecule has 0 aliphatic carbocycles. The molecule has 2 N–H and O–H groups in total. The smallest absolute Gasteiger partial charge is 0.269 e. The van der Waals surface area contributed by atoms with Crippen molar-refractivity contribution in [3.05, 3.63) is 28.1 Å². The lowest BCUT2D eigenvalue weighted by Crippen LogP contribution is -2.41. The molecule has 1 amide bonds. The highest BCUT2D eigenvalue weighted by molar-refractivity contribution is 7.80. The van der Waals surface area contributed by atoms with Gasteiger partial charge in [0, 0.05) is 23.2 Å². The number of amides is 1. The molecular formula is C15H18ClN3O2S2. The Morgan fingerprint density at radius 3 is 2.83 bits per heavy atom. The van der Waals surface area contributed by atoms with Crippen molar-refractivity contribution in [3.63, 3.8) is 0 Å². The lowest BCUT2D eigenvalue weighted by atomic mass is 10.2. The molecule has 0 saturated carbocycles. The molecule has 0 spiro atoms. The first-order valence-electron chi connectivity index (χ1n) is 6.92. The van der Waals surface area contributed by atoms with E-state index in [1.54, 1.807) is 7.11 Å². The minimum Gasteiger partial charge on any atom is -0.497 e. The van der Waals surface area contributed by atoms with E-state index in [1.165, 1.54) is 11.3 Å². The van der Waals surface area contributed by atoms with E-state index < -0.39 is 0 Å². The Hall–Kier alpha value is -1.41. The molecule has 0 aliphatic heterocycles. The van der Waals surface area contributed by atoms with Gasteiger partial charge in [-0.1, -0.05) is 11.6 Å². The number of halogens is 1. The van der Waals surface area contributed by atoms with Gasteiger partial charge in [0.05, 0.1) is 12.1 Å². The highest BCUT2D eigenvalue weighted by Crippen LogP contribution is 2.37. The molecule has 1 aromatic heterocycles. The molecule has 0 unspecified atom stereocenters. The fourth-order valence-electron chi connectivity index (χ4n) is 1.92. The minimum atomic E-state index is -0.308. The number of fused-ring (bicyclic) bond motifs is 1. The van der Waals surface area contributed by atoms with Crippen molar-refractivity contribution < 1.29 is 9.53 Å². The SMILES string of the molecule is COc1ccc2c(Cl)c(C(=O)NC(=S)NCCN(C)C)sc2c1. The Balaban J connectivity index is 2.08. The van der Waals surface area contributed by atoms with Crippen LogP contribution >= 0.6 is 35.2 Å². The molecule has 2 aromatic rings. The highest BCUT2D eigenvalue weighted by atomic mass is 35.5. The van der Waals surface area contributed by atoms with Crippen molar-refractivity contribution in [1.82, 2.24) is 15.5 Å². The molecule has 0 saturated heterocycles. The standard InChI is InChI=1S/C15H18ClN3O2S2/c1-19(2)7-6-17-15(22)18-14(20)13-12(16)10-5-4-9(21-3)8-11(10)23-13/h4-5,8H,6-7H2,1-3H3,(H2,17,18,20,22). The lowest BCUT2D eigenvalue weighted by Gasteiger charge is -2.12. The predicted octanol–water partition coefficient (Wildman–Crippen LogP) is 2.73. The molecule has 23 heavy (non-hydrogen) atoms. The van der Waals surface area contributed by atoms with E-state index >= 15 is 0 Å². The Bertz CT molecular complexity index is 731. The molecular weight excluding hydrogens is 354 g/mol. The number of thiocarbonyl (C=S) groups is 1. The van der Waals surface area contributed by atoms with Gasteiger partial charge in [0.25, 0.3) is 5.91 Å². The first kappa shape index (κ1) is 17.9. The van der Waals surface area contributed by atoms with Crippen LogP contribution in [0.1, 0.15) is 9.67 Å². The van der Waals surface area contributed by atoms with Crippen LogP contribution in [0.3, 0.4) is 0 Å². The van der Waals surface area contributed by atoms with Crippen LogP contribution in [0.2, 0.25) is 5.02 Å². The minimum absolute atomic E-state index is 0.294. The van der Waals surface area contributed by atoms with E-state index in [-0.39, 0.29) is 5.91 Å². The summed E-state index contributed by atoms with van der Waals surface area (Å²) >= 11 is 12.8. The van der Waals surface area contributed by atoms with Gasteiger partial charge >= 0.3 is 0 Å². The second-order valence-electron chi connectivity index (χ2n) is 5.12.